The SMILES string of the molecule is Cc1cccc2c1N(C)CC(C1=NCCN1)O2. The van der Waals surface area contributed by atoms with E-state index in [1.165, 1.54) is 11.3 Å². The second-order valence-corrected chi connectivity index (χ2v) is 4.60. The largest absolute Gasteiger partial charge is 0.478 e. The van der Waals surface area contributed by atoms with Gasteiger partial charge in [-0.05, 0) is 18.6 Å². The van der Waals surface area contributed by atoms with Gasteiger partial charge < -0.3 is 15.0 Å². The minimum absolute atomic E-state index is 0.0387. The molecule has 1 unspecified atom stereocenters. The van der Waals surface area contributed by atoms with Gasteiger partial charge in [0.15, 0.2) is 6.10 Å². The van der Waals surface area contributed by atoms with Gasteiger partial charge in [0.2, 0.25) is 0 Å². The monoisotopic (exact) mass is 231 g/mol. The number of rotatable bonds is 1. The number of likely N-dealkylation sites (N-methyl/N-ethyl adjacent to an activating group) is 1. The summed E-state index contributed by atoms with van der Waals surface area (Å²) >= 11 is 0. The molecule has 0 bridgehead atoms. The van der Waals surface area contributed by atoms with Crippen LogP contribution in [0.1, 0.15) is 5.56 Å². The van der Waals surface area contributed by atoms with Crippen molar-refractivity contribution in [2.24, 2.45) is 4.99 Å². The summed E-state index contributed by atoms with van der Waals surface area (Å²) in [6.45, 7) is 4.76. The van der Waals surface area contributed by atoms with Gasteiger partial charge in [0.25, 0.3) is 0 Å². The summed E-state index contributed by atoms with van der Waals surface area (Å²) in [7, 11) is 2.11. The Balaban J connectivity index is 1.93. The lowest BCUT2D eigenvalue weighted by Crippen LogP contribution is -2.46. The van der Waals surface area contributed by atoms with Gasteiger partial charge in [-0.2, -0.15) is 0 Å². The average Bonchev–Trinajstić information content (AvgIpc) is 2.81. The smallest absolute Gasteiger partial charge is 0.173 e. The predicted octanol–water partition coefficient (Wildman–Crippen LogP) is 1.19. The molecule has 2 aliphatic heterocycles. The molecular weight excluding hydrogens is 214 g/mol. The first kappa shape index (κ1) is 10.4. The van der Waals surface area contributed by atoms with Gasteiger partial charge in [-0.3, -0.25) is 4.99 Å². The van der Waals surface area contributed by atoms with Gasteiger partial charge >= 0.3 is 0 Å². The quantitative estimate of drug-likeness (QED) is 0.789. The number of ether oxygens (including phenoxy) is 1. The number of hydrogen-bond acceptors (Lipinski definition) is 4. The number of fused-ring (bicyclic) bond motifs is 1. The van der Waals surface area contributed by atoms with E-state index in [-0.39, 0.29) is 6.10 Å². The molecule has 0 spiro atoms. The van der Waals surface area contributed by atoms with E-state index in [0.29, 0.717) is 0 Å². The molecule has 90 valence electrons. The van der Waals surface area contributed by atoms with E-state index < -0.39 is 0 Å². The van der Waals surface area contributed by atoms with Crippen molar-refractivity contribution in [3.8, 4) is 5.75 Å². The lowest BCUT2D eigenvalue weighted by Gasteiger charge is -2.34. The normalized spacial score (nSPS) is 22.6. The summed E-state index contributed by atoms with van der Waals surface area (Å²) in [5.41, 5.74) is 2.45. The molecule has 0 radical (unpaired) electrons. The molecule has 0 aromatic heterocycles. The zero-order valence-electron chi connectivity index (χ0n) is 10.2. The molecule has 0 saturated carbocycles. The molecule has 0 fully saturated rings. The highest BCUT2D eigenvalue weighted by Gasteiger charge is 2.29. The molecule has 1 N–H and O–H groups in total. The van der Waals surface area contributed by atoms with Crippen molar-refractivity contribution in [2.45, 2.75) is 13.0 Å². The van der Waals surface area contributed by atoms with E-state index >= 15 is 0 Å². The van der Waals surface area contributed by atoms with E-state index in [9.17, 15) is 0 Å². The highest BCUT2D eigenvalue weighted by Crippen LogP contribution is 2.35. The minimum Gasteiger partial charge on any atom is -0.478 e. The van der Waals surface area contributed by atoms with Crippen molar-refractivity contribution in [3.63, 3.8) is 0 Å². The van der Waals surface area contributed by atoms with Crippen molar-refractivity contribution in [2.75, 3.05) is 31.6 Å². The van der Waals surface area contributed by atoms with Crippen LogP contribution in [0.15, 0.2) is 23.2 Å². The number of amidine groups is 1. The van der Waals surface area contributed by atoms with Crippen LogP contribution in [0, 0.1) is 6.92 Å². The molecule has 0 aliphatic carbocycles. The predicted molar refractivity (Wildman–Crippen MR) is 69.2 cm³/mol. The zero-order chi connectivity index (χ0) is 11.8. The summed E-state index contributed by atoms with van der Waals surface area (Å²) in [5, 5.41) is 3.29. The lowest BCUT2D eigenvalue weighted by molar-refractivity contribution is 0.255. The molecule has 17 heavy (non-hydrogen) atoms. The van der Waals surface area contributed by atoms with Crippen LogP contribution in [0.25, 0.3) is 0 Å². The Morgan fingerprint density at radius 3 is 3.12 bits per heavy atom. The molecular formula is C13H17N3O. The Morgan fingerprint density at radius 2 is 2.35 bits per heavy atom. The Bertz CT molecular complexity index is 470. The third kappa shape index (κ3) is 1.73. The van der Waals surface area contributed by atoms with Crippen LogP contribution in [0.3, 0.4) is 0 Å². The molecule has 1 aromatic rings. The Hall–Kier alpha value is -1.71. The highest BCUT2D eigenvalue weighted by molar-refractivity contribution is 5.89. The van der Waals surface area contributed by atoms with Gasteiger partial charge in [-0.25, -0.2) is 0 Å². The first-order valence-corrected chi connectivity index (χ1v) is 6.01. The van der Waals surface area contributed by atoms with Gasteiger partial charge in [-0.15, -0.1) is 0 Å². The van der Waals surface area contributed by atoms with Gasteiger partial charge in [0.1, 0.15) is 11.6 Å². The van der Waals surface area contributed by atoms with E-state index in [2.05, 4.69) is 35.2 Å². The minimum atomic E-state index is 0.0387. The van der Waals surface area contributed by atoms with Crippen molar-refractivity contribution < 1.29 is 4.74 Å². The maximum atomic E-state index is 6.03. The topological polar surface area (TPSA) is 36.9 Å². The molecule has 2 heterocycles. The highest BCUT2D eigenvalue weighted by atomic mass is 16.5. The average molecular weight is 231 g/mol. The van der Waals surface area contributed by atoms with Crippen molar-refractivity contribution in [1.82, 2.24) is 5.32 Å². The van der Waals surface area contributed by atoms with Crippen LogP contribution in [-0.4, -0.2) is 38.6 Å². The van der Waals surface area contributed by atoms with E-state index in [4.69, 9.17) is 4.74 Å². The van der Waals surface area contributed by atoms with E-state index in [1.54, 1.807) is 0 Å². The number of aliphatic imine (C=N–C) groups is 1. The van der Waals surface area contributed by atoms with Gasteiger partial charge in [0, 0.05) is 13.6 Å². The van der Waals surface area contributed by atoms with Crippen LogP contribution in [0.5, 0.6) is 5.75 Å². The Labute approximate surface area is 101 Å². The van der Waals surface area contributed by atoms with Crippen molar-refractivity contribution in [1.29, 1.82) is 0 Å². The lowest BCUT2D eigenvalue weighted by atomic mass is 10.1. The van der Waals surface area contributed by atoms with Crippen LogP contribution in [0.4, 0.5) is 5.69 Å². The fraction of sp³-hybridized carbons (Fsp3) is 0.462. The standard InChI is InChI=1S/C13H17N3O/c1-9-4-3-5-10-12(9)16(2)8-11(17-10)13-14-6-7-15-13/h3-5,11H,6-8H2,1-2H3,(H,14,15). The molecule has 2 aliphatic rings. The molecule has 0 amide bonds. The zero-order valence-corrected chi connectivity index (χ0v) is 10.2. The second kappa shape index (κ2) is 3.95. The molecule has 3 rings (SSSR count). The van der Waals surface area contributed by atoms with Crippen LogP contribution >= 0.6 is 0 Å². The Kier molecular flexibility index (Phi) is 2.42. The summed E-state index contributed by atoms with van der Waals surface area (Å²) in [5.74, 6) is 1.95. The number of hydrogen-bond donors (Lipinski definition) is 1. The maximum absolute atomic E-state index is 6.03. The number of benzene rings is 1. The van der Waals surface area contributed by atoms with Crippen LogP contribution in [-0.2, 0) is 0 Å². The third-order valence-corrected chi connectivity index (χ3v) is 3.30. The molecule has 1 atom stereocenters. The molecule has 0 saturated heterocycles. The summed E-state index contributed by atoms with van der Waals surface area (Å²) in [4.78, 5) is 6.69. The Morgan fingerprint density at radius 1 is 1.47 bits per heavy atom. The summed E-state index contributed by atoms with van der Waals surface area (Å²) in [6, 6.07) is 6.18. The molecule has 1 aromatic carbocycles. The third-order valence-electron chi connectivity index (χ3n) is 3.30. The number of aryl methyl sites for hydroxylation is 1. The number of para-hydroxylation sites is 1. The van der Waals surface area contributed by atoms with Crippen molar-refractivity contribution >= 4 is 11.5 Å². The number of anilines is 1. The molecule has 4 heteroatoms. The summed E-state index contributed by atoms with van der Waals surface area (Å²) < 4.78 is 6.03. The van der Waals surface area contributed by atoms with Crippen LogP contribution in [0.2, 0.25) is 0 Å². The van der Waals surface area contributed by atoms with Crippen LogP contribution < -0.4 is 15.0 Å². The van der Waals surface area contributed by atoms with E-state index in [1.807, 2.05) is 12.1 Å². The fourth-order valence-electron chi connectivity index (χ4n) is 2.52. The summed E-state index contributed by atoms with van der Waals surface area (Å²) in [6.07, 6.45) is 0.0387. The van der Waals surface area contributed by atoms with Gasteiger partial charge in [-0.1, -0.05) is 12.1 Å². The number of nitrogens with one attached hydrogen (secondary N) is 1. The molecule has 4 nitrogen and oxygen atoms in total. The fourth-order valence-corrected chi connectivity index (χ4v) is 2.52. The second-order valence-electron chi connectivity index (χ2n) is 4.60. The number of nitrogens with zero attached hydrogens (tertiary/aromatic N) is 2. The van der Waals surface area contributed by atoms with E-state index in [0.717, 1.165) is 31.2 Å². The first-order valence-electron chi connectivity index (χ1n) is 6.01. The first-order chi connectivity index (χ1) is 8.25. The van der Waals surface area contributed by atoms with Crippen molar-refractivity contribution in [3.05, 3.63) is 23.8 Å². The van der Waals surface area contributed by atoms with Gasteiger partial charge in [0.05, 0.1) is 18.8 Å². The maximum Gasteiger partial charge on any atom is 0.173 e.